The van der Waals surface area contributed by atoms with Gasteiger partial charge in [-0.05, 0) is 36.3 Å². The number of thioether (sulfide) groups is 1. The molecule has 3 rings (SSSR count). The zero-order chi connectivity index (χ0) is 18.7. The predicted molar refractivity (Wildman–Crippen MR) is 110 cm³/mol. The zero-order valence-electron chi connectivity index (χ0n) is 15.6. The molecule has 0 radical (unpaired) electrons. The monoisotopic (exact) mass is 388 g/mol. The number of esters is 1. The molecule has 6 heteroatoms. The molecule has 3 aromatic rings. The highest BCUT2D eigenvalue weighted by Crippen LogP contribution is 2.35. The molecule has 2 aromatic heterocycles. The van der Waals surface area contributed by atoms with Gasteiger partial charge in [-0.25, -0.2) is 9.78 Å². The van der Waals surface area contributed by atoms with Crippen molar-refractivity contribution in [3.63, 3.8) is 0 Å². The van der Waals surface area contributed by atoms with Crippen LogP contribution in [0.3, 0.4) is 0 Å². The minimum Gasteiger partial charge on any atom is -0.465 e. The maximum Gasteiger partial charge on any atom is 0.338 e. The number of thiophene rings is 1. The van der Waals surface area contributed by atoms with Gasteiger partial charge < -0.3 is 9.72 Å². The van der Waals surface area contributed by atoms with Crippen LogP contribution >= 0.6 is 23.1 Å². The van der Waals surface area contributed by atoms with Crippen LogP contribution in [0.1, 0.15) is 51.5 Å². The number of nitrogens with one attached hydrogen (secondary N) is 1. The van der Waals surface area contributed by atoms with Crippen LogP contribution < -0.4 is 0 Å². The summed E-state index contributed by atoms with van der Waals surface area (Å²) in [6, 6.07) is 5.83. The Hall–Kier alpha value is -1.79. The molecule has 1 N–H and O–H groups in total. The summed E-state index contributed by atoms with van der Waals surface area (Å²) < 4.78 is 4.90. The van der Waals surface area contributed by atoms with E-state index in [-0.39, 0.29) is 5.97 Å². The van der Waals surface area contributed by atoms with E-state index in [1.54, 1.807) is 11.8 Å². The first-order valence-electron chi connectivity index (χ1n) is 8.88. The Balaban J connectivity index is 2.02. The quantitative estimate of drug-likeness (QED) is 0.436. The van der Waals surface area contributed by atoms with Crippen molar-refractivity contribution in [3.05, 3.63) is 44.6 Å². The number of carbonyl (C=O) groups is 1. The molecular formula is C20H24N2O2S2. The van der Waals surface area contributed by atoms with Crippen LogP contribution in [0.4, 0.5) is 0 Å². The van der Waals surface area contributed by atoms with Gasteiger partial charge in [0, 0.05) is 16.2 Å². The number of carbonyl (C=O) groups excluding carboxylic acids is 1. The first-order valence-corrected chi connectivity index (χ1v) is 10.7. The van der Waals surface area contributed by atoms with Gasteiger partial charge in [-0.3, -0.25) is 0 Å². The van der Waals surface area contributed by atoms with Crippen LogP contribution in [0.25, 0.3) is 11.0 Å². The van der Waals surface area contributed by atoms with Gasteiger partial charge in [0.25, 0.3) is 0 Å². The second-order valence-electron chi connectivity index (χ2n) is 6.16. The van der Waals surface area contributed by atoms with Crippen molar-refractivity contribution < 1.29 is 9.53 Å². The molecule has 0 saturated carbocycles. The normalized spacial score (nSPS) is 11.2. The lowest BCUT2D eigenvalue weighted by molar-refractivity contribution is 0.0600. The number of hydrogen-bond donors (Lipinski definition) is 1. The fourth-order valence-electron chi connectivity index (χ4n) is 3.11. The Morgan fingerprint density at radius 2 is 2.12 bits per heavy atom. The van der Waals surface area contributed by atoms with E-state index < -0.39 is 0 Å². The predicted octanol–water partition coefficient (Wildman–Crippen LogP) is 5.37. The minimum atomic E-state index is -0.284. The summed E-state index contributed by atoms with van der Waals surface area (Å²) in [7, 11) is 1.42. The van der Waals surface area contributed by atoms with Gasteiger partial charge >= 0.3 is 5.97 Å². The lowest BCUT2D eigenvalue weighted by Gasteiger charge is -2.09. The van der Waals surface area contributed by atoms with E-state index >= 15 is 0 Å². The summed E-state index contributed by atoms with van der Waals surface area (Å²) in [5.41, 5.74) is 5.03. The SMILES string of the molecule is CCCc1sc(Cc2cccc(C(=O)OC)c2C)c2nc(SCC)[nH]c12. The molecule has 0 saturated heterocycles. The molecule has 0 aliphatic carbocycles. The van der Waals surface area contributed by atoms with Crippen molar-refractivity contribution in [2.24, 2.45) is 0 Å². The number of fused-ring (bicyclic) bond motifs is 1. The molecule has 0 fully saturated rings. The fraction of sp³-hybridized carbons (Fsp3) is 0.400. The highest BCUT2D eigenvalue weighted by molar-refractivity contribution is 7.99. The van der Waals surface area contributed by atoms with Gasteiger partial charge in [0.1, 0.15) is 5.52 Å². The second kappa shape index (κ2) is 8.27. The van der Waals surface area contributed by atoms with E-state index in [2.05, 4.69) is 24.9 Å². The van der Waals surface area contributed by atoms with Crippen molar-refractivity contribution in [2.45, 2.75) is 45.2 Å². The summed E-state index contributed by atoms with van der Waals surface area (Å²) in [5.74, 6) is 0.715. The lowest BCUT2D eigenvalue weighted by atomic mass is 9.99. The van der Waals surface area contributed by atoms with Gasteiger partial charge in [0.2, 0.25) is 0 Å². The Labute approximate surface area is 162 Å². The highest BCUT2D eigenvalue weighted by atomic mass is 32.2. The molecule has 0 bridgehead atoms. The first kappa shape index (κ1) is 19.0. The smallest absolute Gasteiger partial charge is 0.338 e. The Bertz CT molecular complexity index is 927. The third-order valence-electron chi connectivity index (χ3n) is 4.43. The molecule has 2 heterocycles. The van der Waals surface area contributed by atoms with Crippen molar-refractivity contribution in [1.29, 1.82) is 0 Å². The molecule has 1 aromatic carbocycles. The van der Waals surface area contributed by atoms with Gasteiger partial charge in [-0.15, -0.1) is 11.3 Å². The van der Waals surface area contributed by atoms with Crippen LogP contribution in [0.5, 0.6) is 0 Å². The number of aromatic amines is 1. The van der Waals surface area contributed by atoms with Crippen LogP contribution in [-0.2, 0) is 17.6 Å². The first-order chi connectivity index (χ1) is 12.6. The van der Waals surface area contributed by atoms with Crippen LogP contribution in [0, 0.1) is 6.92 Å². The van der Waals surface area contributed by atoms with Crippen LogP contribution in [-0.4, -0.2) is 28.8 Å². The maximum absolute atomic E-state index is 12.0. The largest absolute Gasteiger partial charge is 0.465 e. The second-order valence-corrected chi connectivity index (χ2v) is 8.60. The zero-order valence-corrected chi connectivity index (χ0v) is 17.3. The standard InChI is InChI=1S/C20H24N2O2S2/c1-5-8-15-17-18(22-20(21-17)25-6-2)16(26-15)11-13-9-7-10-14(12(13)3)19(23)24-4/h7,9-10H,5-6,8,11H2,1-4H3,(H,21,22). The van der Waals surface area contributed by atoms with Crippen LogP contribution in [0.2, 0.25) is 0 Å². The van der Waals surface area contributed by atoms with E-state index in [0.29, 0.717) is 5.56 Å². The number of benzene rings is 1. The topological polar surface area (TPSA) is 55.0 Å². The van der Waals surface area contributed by atoms with Crippen molar-refractivity contribution in [1.82, 2.24) is 9.97 Å². The van der Waals surface area contributed by atoms with E-state index in [9.17, 15) is 4.79 Å². The lowest BCUT2D eigenvalue weighted by Crippen LogP contribution is -2.05. The maximum atomic E-state index is 12.0. The van der Waals surface area contributed by atoms with Gasteiger partial charge in [0.05, 0.1) is 18.2 Å². The van der Waals surface area contributed by atoms with Crippen molar-refractivity contribution in [3.8, 4) is 0 Å². The molecule has 4 nitrogen and oxygen atoms in total. The molecule has 138 valence electrons. The molecule has 0 atom stereocenters. The number of H-pyrrole nitrogens is 1. The molecule has 0 aliphatic heterocycles. The van der Waals surface area contributed by atoms with Crippen molar-refractivity contribution in [2.75, 3.05) is 12.9 Å². The highest BCUT2D eigenvalue weighted by Gasteiger charge is 2.18. The average Bonchev–Trinajstić information content (AvgIpc) is 3.17. The Morgan fingerprint density at radius 3 is 2.81 bits per heavy atom. The van der Waals surface area contributed by atoms with E-state index in [1.807, 2.05) is 30.4 Å². The number of methoxy groups -OCH3 is 1. The summed E-state index contributed by atoms with van der Waals surface area (Å²) in [4.78, 5) is 22.9. The fourth-order valence-corrected chi connectivity index (χ4v) is 5.04. The summed E-state index contributed by atoms with van der Waals surface area (Å²) >= 11 is 3.57. The molecular weight excluding hydrogens is 364 g/mol. The molecule has 26 heavy (non-hydrogen) atoms. The summed E-state index contributed by atoms with van der Waals surface area (Å²) in [6.07, 6.45) is 2.95. The van der Waals surface area contributed by atoms with Gasteiger partial charge in [-0.1, -0.05) is 44.2 Å². The van der Waals surface area contributed by atoms with E-state index in [0.717, 1.165) is 46.8 Å². The van der Waals surface area contributed by atoms with E-state index in [4.69, 9.17) is 9.72 Å². The number of hydrogen-bond acceptors (Lipinski definition) is 5. The number of rotatable bonds is 7. The Morgan fingerprint density at radius 1 is 1.31 bits per heavy atom. The molecule has 0 unspecified atom stereocenters. The molecule has 0 spiro atoms. The molecule has 0 aliphatic rings. The van der Waals surface area contributed by atoms with Crippen molar-refractivity contribution >= 4 is 40.1 Å². The third-order valence-corrected chi connectivity index (χ3v) is 6.43. The minimum absolute atomic E-state index is 0.284. The average molecular weight is 389 g/mol. The van der Waals surface area contributed by atoms with Gasteiger partial charge in [-0.2, -0.15) is 0 Å². The number of aromatic nitrogens is 2. The Kier molecular flexibility index (Phi) is 6.04. The number of aryl methyl sites for hydroxylation is 1. The number of imidazole rings is 1. The van der Waals surface area contributed by atoms with Gasteiger partial charge in [0.15, 0.2) is 5.16 Å². The van der Waals surface area contributed by atoms with E-state index in [1.165, 1.54) is 22.4 Å². The third kappa shape index (κ3) is 3.67. The molecule has 0 amide bonds. The summed E-state index contributed by atoms with van der Waals surface area (Å²) in [5, 5.41) is 0.990. The van der Waals surface area contributed by atoms with Crippen LogP contribution in [0.15, 0.2) is 23.4 Å². The number of ether oxygens (including phenoxy) is 1. The number of nitrogens with zero attached hydrogens (tertiary/aromatic N) is 1. The summed E-state index contributed by atoms with van der Waals surface area (Å²) in [6.45, 7) is 6.32.